The van der Waals surface area contributed by atoms with E-state index in [1.807, 2.05) is 39.0 Å². The molecule has 0 radical (unpaired) electrons. The molecule has 0 fully saturated rings. The zero-order valence-electron chi connectivity index (χ0n) is 22.1. The van der Waals surface area contributed by atoms with Crippen molar-refractivity contribution in [3.05, 3.63) is 116 Å². The molecule has 0 saturated heterocycles. The summed E-state index contributed by atoms with van der Waals surface area (Å²) >= 11 is 6.10. The molecule has 5 nitrogen and oxygen atoms in total. The van der Waals surface area contributed by atoms with Gasteiger partial charge in [-0.2, -0.15) is 5.26 Å². The number of hydrogen-bond acceptors (Lipinski definition) is 5. The Hall–Kier alpha value is -4.08. The second-order valence-electron chi connectivity index (χ2n) is 10.1. The third kappa shape index (κ3) is 4.79. The lowest BCUT2D eigenvalue weighted by atomic mass is 9.73. The van der Waals surface area contributed by atoms with Crippen LogP contribution in [0.2, 0.25) is 5.02 Å². The summed E-state index contributed by atoms with van der Waals surface area (Å²) in [5.74, 6) is -0.272. The molecule has 3 aromatic carbocycles. The van der Waals surface area contributed by atoms with Crippen molar-refractivity contribution in [2.24, 2.45) is 5.73 Å². The fourth-order valence-corrected chi connectivity index (χ4v) is 5.88. The van der Waals surface area contributed by atoms with E-state index in [4.69, 9.17) is 22.1 Å². The molecule has 7 heteroatoms. The molecule has 3 aromatic rings. The summed E-state index contributed by atoms with van der Waals surface area (Å²) in [5, 5.41) is 11.0. The van der Waals surface area contributed by atoms with Crippen molar-refractivity contribution in [2.45, 2.75) is 52.6 Å². The van der Waals surface area contributed by atoms with Gasteiger partial charge >= 0.3 is 0 Å². The highest BCUT2D eigenvalue weighted by Gasteiger charge is 2.41. The number of benzene rings is 3. The van der Waals surface area contributed by atoms with Crippen LogP contribution in [0.15, 0.2) is 77.3 Å². The lowest BCUT2D eigenvalue weighted by molar-refractivity contribution is -0.116. The van der Waals surface area contributed by atoms with Crippen molar-refractivity contribution >= 4 is 23.1 Å². The quantitative estimate of drug-likeness (QED) is 0.367. The number of carbonyl (C=O) groups excluding carboxylic acids is 1. The van der Waals surface area contributed by atoms with Crippen molar-refractivity contribution in [2.75, 3.05) is 4.90 Å². The smallest absolute Gasteiger partial charge is 0.161 e. The minimum absolute atomic E-state index is 0.0432. The molecular formula is C32H29ClFN3O2. The van der Waals surface area contributed by atoms with Gasteiger partial charge in [0.15, 0.2) is 5.78 Å². The van der Waals surface area contributed by atoms with Crippen molar-refractivity contribution in [3.63, 3.8) is 0 Å². The molecule has 5 rings (SSSR count). The van der Waals surface area contributed by atoms with Crippen LogP contribution in [0, 0.1) is 37.9 Å². The Morgan fingerprint density at radius 2 is 1.90 bits per heavy atom. The zero-order valence-corrected chi connectivity index (χ0v) is 22.9. The van der Waals surface area contributed by atoms with Crippen molar-refractivity contribution in [1.82, 2.24) is 0 Å². The van der Waals surface area contributed by atoms with Gasteiger partial charge < -0.3 is 10.5 Å². The van der Waals surface area contributed by atoms with E-state index in [1.165, 1.54) is 6.07 Å². The number of ketones is 1. The molecule has 1 heterocycles. The number of halogens is 2. The first-order valence-corrected chi connectivity index (χ1v) is 13.3. The number of nitrogens with two attached hydrogens (primary N) is 1. The average molecular weight is 542 g/mol. The largest absolute Gasteiger partial charge is 0.489 e. The molecule has 1 aliphatic heterocycles. The number of carbonyl (C=O) groups is 1. The Labute approximate surface area is 233 Å². The number of hydrogen-bond donors (Lipinski definition) is 1. The van der Waals surface area contributed by atoms with Gasteiger partial charge in [-0.15, -0.1) is 0 Å². The number of nitriles is 1. The molecular weight excluding hydrogens is 513 g/mol. The van der Waals surface area contributed by atoms with E-state index in [9.17, 15) is 14.4 Å². The van der Waals surface area contributed by atoms with Crippen LogP contribution in [0.1, 0.15) is 53.0 Å². The van der Waals surface area contributed by atoms with Crippen LogP contribution < -0.4 is 15.4 Å². The number of rotatable bonds is 5. The molecule has 1 aliphatic carbocycles. The number of anilines is 1. The van der Waals surface area contributed by atoms with E-state index in [-0.39, 0.29) is 22.9 Å². The minimum Gasteiger partial charge on any atom is -0.489 e. The molecule has 0 bridgehead atoms. The van der Waals surface area contributed by atoms with Crippen LogP contribution in [0.4, 0.5) is 10.1 Å². The third-order valence-electron chi connectivity index (χ3n) is 7.54. The number of aryl methyl sites for hydroxylation is 2. The fourth-order valence-electron chi connectivity index (χ4n) is 5.65. The Bertz CT molecular complexity index is 1600. The summed E-state index contributed by atoms with van der Waals surface area (Å²) in [5.41, 5.74) is 12.9. The Balaban J connectivity index is 1.64. The third-order valence-corrected chi connectivity index (χ3v) is 7.77. The van der Waals surface area contributed by atoms with Gasteiger partial charge in [0.05, 0.1) is 23.2 Å². The molecule has 1 unspecified atom stereocenters. The van der Waals surface area contributed by atoms with Crippen LogP contribution >= 0.6 is 11.6 Å². The number of allylic oxidation sites excluding steroid dienone is 3. The fraction of sp³-hybridized carbons (Fsp3) is 0.250. The summed E-state index contributed by atoms with van der Waals surface area (Å²) in [6.07, 6.45) is 1.56. The van der Waals surface area contributed by atoms with E-state index in [0.29, 0.717) is 42.2 Å². The summed E-state index contributed by atoms with van der Waals surface area (Å²) in [6.45, 7) is 6.20. The van der Waals surface area contributed by atoms with E-state index in [1.54, 1.807) is 29.2 Å². The first-order chi connectivity index (χ1) is 18.7. The Morgan fingerprint density at radius 3 is 2.62 bits per heavy atom. The van der Waals surface area contributed by atoms with Gasteiger partial charge in [0.1, 0.15) is 24.0 Å². The first-order valence-electron chi connectivity index (χ1n) is 12.9. The molecule has 1 atom stereocenters. The van der Waals surface area contributed by atoms with E-state index in [0.717, 1.165) is 33.6 Å². The van der Waals surface area contributed by atoms with Crippen LogP contribution in [-0.4, -0.2) is 5.78 Å². The molecule has 198 valence electrons. The maximum absolute atomic E-state index is 15.0. The average Bonchev–Trinajstić information content (AvgIpc) is 2.90. The maximum Gasteiger partial charge on any atom is 0.161 e. The minimum atomic E-state index is -0.642. The number of ether oxygens (including phenoxy) is 1. The van der Waals surface area contributed by atoms with Crippen LogP contribution in [0.3, 0.4) is 0 Å². The first kappa shape index (κ1) is 26.5. The van der Waals surface area contributed by atoms with Gasteiger partial charge in [0.25, 0.3) is 0 Å². The van der Waals surface area contributed by atoms with Crippen LogP contribution in [0.25, 0.3) is 0 Å². The summed E-state index contributed by atoms with van der Waals surface area (Å²) < 4.78 is 21.1. The second kappa shape index (κ2) is 10.6. The van der Waals surface area contributed by atoms with Crippen molar-refractivity contribution < 1.29 is 13.9 Å². The molecule has 0 amide bonds. The molecule has 0 aromatic heterocycles. The molecule has 0 saturated carbocycles. The van der Waals surface area contributed by atoms with Crippen molar-refractivity contribution in [1.29, 1.82) is 5.26 Å². The monoisotopic (exact) mass is 541 g/mol. The van der Waals surface area contributed by atoms with Gasteiger partial charge in [-0.05, 0) is 86.2 Å². The lowest BCUT2D eigenvalue weighted by Crippen LogP contribution is -2.39. The van der Waals surface area contributed by atoms with Crippen LogP contribution in [0.5, 0.6) is 5.75 Å². The van der Waals surface area contributed by atoms with Gasteiger partial charge in [0, 0.05) is 22.7 Å². The topological polar surface area (TPSA) is 79.3 Å². The van der Waals surface area contributed by atoms with E-state index >= 15 is 0 Å². The summed E-state index contributed by atoms with van der Waals surface area (Å²) in [4.78, 5) is 15.1. The predicted molar refractivity (Wildman–Crippen MR) is 151 cm³/mol. The standard InChI is InChI=1S/C32H29ClFN3O2/c1-18-13-21(17-39-29-12-11-22(33)15-19(29)2)20(3)23(14-18)30-24(16-35)32(36)37(26-8-5-4-7-25(26)34)27-9-6-10-28(38)31(27)30/h4-5,7-8,11-15,30H,6,9-10,17,36H2,1-3H3. The number of Topliss-reactive ketones (excluding diaryl/α,β-unsaturated/α-hetero) is 1. The summed E-state index contributed by atoms with van der Waals surface area (Å²) in [7, 11) is 0. The maximum atomic E-state index is 15.0. The van der Waals surface area contributed by atoms with Gasteiger partial charge in [-0.1, -0.05) is 41.4 Å². The zero-order chi connectivity index (χ0) is 27.8. The molecule has 2 aliphatic rings. The summed E-state index contributed by atoms with van der Waals surface area (Å²) in [6, 6.07) is 18.1. The van der Waals surface area contributed by atoms with Gasteiger partial charge in [-0.25, -0.2) is 4.39 Å². The highest BCUT2D eigenvalue weighted by Crippen LogP contribution is 2.47. The normalized spacial score (nSPS) is 17.3. The molecule has 0 spiro atoms. The van der Waals surface area contributed by atoms with Crippen molar-refractivity contribution in [3.8, 4) is 11.8 Å². The second-order valence-corrected chi connectivity index (χ2v) is 10.5. The number of nitrogens with zero attached hydrogens (tertiary/aromatic N) is 2. The SMILES string of the molecule is Cc1cc(COc2ccc(Cl)cc2C)c(C)c(C2C(C#N)=C(N)N(c3ccccc3F)C3=C2C(=O)CCC3)c1. The predicted octanol–water partition coefficient (Wildman–Crippen LogP) is 7.29. The molecule has 39 heavy (non-hydrogen) atoms. The lowest BCUT2D eigenvalue weighted by Gasteiger charge is -2.40. The highest BCUT2D eigenvalue weighted by atomic mass is 35.5. The van der Waals surface area contributed by atoms with Crippen LogP contribution in [-0.2, 0) is 11.4 Å². The Morgan fingerprint density at radius 1 is 1.13 bits per heavy atom. The van der Waals surface area contributed by atoms with Gasteiger partial charge in [-0.3, -0.25) is 9.69 Å². The Kier molecular flexibility index (Phi) is 7.20. The van der Waals surface area contributed by atoms with E-state index in [2.05, 4.69) is 12.1 Å². The number of para-hydroxylation sites is 1. The van der Waals surface area contributed by atoms with Gasteiger partial charge in [0.2, 0.25) is 0 Å². The highest BCUT2D eigenvalue weighted by molar-refractivity contribution is 6.30. The van der Waals surface area contributed by atoms with E-state index < -0.39 is 11.7 Å². The molecule has 2 N–H and O–H groups in total.